The van der Waals surface area contributed by atoms with Crippen LogP contribution in [-0.2, 0) is 4.74 Å². The Morgan fingerprint density at radius 3 is 2.56 bits per heavy atom. The van der Waals surface area contributed by atoms with Crippen molar-refractivity contribution < 1.29 is 14.6 Å². The zero-order valence-electron chi connectivity index (χ0n) is 10.7. The molecule has 0 aliphatic heterocycles. The molecule has 1 unspecified atom stereocenters. The van der Waals surface area contributed by atoms with E-state index in [2.05, 4.69) is 27.9 Å². The van der Waals surface area contributed by atoms with E-state index in [4.69, 9.17) is 4.74 Å². The topological polar surface area (TPSA) is 58.6 Å². The van der Waals surface area contributed by atoms with E-state index < -0.39 is 17.7 Å². The number of carbonyl (C=O) groups is 1. The number of rotatable bonds is 3. The third-order valence-electron chi connectivity index (χ3n) is 2.15. The summed E-state index contributed by atoms with van der Waals surface area (Å²) in [5.41, 5.74) is 0.333. The number of nitrogens with one attached hydrogen (secondary N) is 1. The van der Waals surface area contributed by atoms with Crippen LogP contribution >= 0.6 is 22.6 Å². The van der Waals surface area contributed by atoms with Crippen molar-refractivity contribution in [3.8, 4) is 0 Å². The van der Waals surface area contributed by atoms with Crippen molar-refractivity contribution in [2.45, 2.75) is 32.4 Å². The molecular formula is C13H18INO3. The summed E-state index contributed by atoms with van der Waals surface area (Å²) in [6.45, 7) is 5.23. The molecule has 18 heavy (non-hydrogen) atoms. The number of hydrogen-bond acceptors (Lipinski definition) is 3. The number of amides is 1. The van der Waals surface area contributed by atoms with Crippen molar-refractivity contribution in [3.05, 3.63) is 33.4 Å². The Bertz CT molecular complexity index is 415. The lowest BCUT2D eigenvalue weighted by Crippen LogP contribution is -2.36. The van der Waals surface area contributed by atoms with Gasteiger partial charge in [0.1, 0.15) is 5.60 Å². The Morgan fingerprint density at radius 1 is 1.44 bits per heavy atom. The number of carbonyl (C=O) groups excluding carboxylic acids is 1. The average Bonchev–Trinajstić information content (AvgIpc) is 2.24. The minimum absolute atomic E-state index is 0.167. The molecule has 0 saturated carbocycles. The number of ether oxygens (including phenoxy) is 1. The first-order valence-corrected chi connectivity index (χ1v) is 6.76. The molecule has 1 amide bonds. The quantitative estimate of drug-likeness (QED) is 0.812. The van der Waals surface area contributed by atoms with Gasteiger partial charge in [-0.3, -0.25) is 0 Å². The zero-order valence-corrected chi connectivity index (χ0v) is 12.9. The van der Waals surface area contributed by atoms with Crippen molar-refractivity contribution in [2.75, 3.05) is 6.61 Å². The van der Waals surface area contributed by atoms with Gasteiger partial charge in [-0.1, -0.05) is 18.2 Å². The third-order valence-corrected chi connectivity index (χ3v) is 3.14. The van der Waals surface area contributed by atoms with Crippen LogP contribution in [-0.4, -0.2) is 23.4 Å². The lowest BCUT2D eigenvalue weighted by atomic mass is 10.1. The van der Waals surface area contributed by atoms with E-state index in [0.717, 1.165) is 9.13 Å². The summed E-state index contributed by atoms with van der Waals surface area (Å²) in [7, 11) is 0. The molecule has 0 spiro atoms. The van der Waals surface area contributed by atoms with Gasteiger partial charge in [-0.2, -0.15) is 0 Å². The molecule has 1 aromatic rings. The highest BCUT2D eigenvalue weighted by Gasteiger charge is 2.21. The van der Waals surface area contributed by atoms with Crippen LogP contribution in [0.15, 0.2) is 24.3 Å². The monoisotopic (exact) mass is 363 g/mol. The van der Waals surface area contributed by atoms with Gasteiger partial charge in [-0.15, -0.1) is 0 Å². The number of benzene rings is 1. The van der Waals surface area contributed by atoms with Crippen LogP contribution in [0.2, 0.25) is 0 Å². The Hall–Kier alpha value is -0.820. The molecule has 1 rings (SSSR count). The highest BCUT2D eigenvalue weighted by Crippen LogP contribution is 2.20. The zero-order chi connectivity index (χ0) is 13.8. The lowest BCUT2D eigenvalue weighted by molar-refractivity contribution is 0.0481. The second-order valence-corrected chi connectivity index (χ2v) is 6.07. The molecule has 0 fully saturated rings. The first-order valence-electron chi connectivity index (χ1n) is 5.68. The second-order valence-electron chi connectivity index (χ2n) is 4.90. The standard InChI is InChI=1S/C13H18INO3/c1-13(2,3)18-12(17)15-11(8-16)9-6-4-5-7-10(9)14/h4-7,11,16H,8H2,1-3H3,(H,15,17). The fourth-order valence-electron chi connectivity index (χ4n) is 1.43. The van der Waals surface area contributed by atoms with E-state index in [9.17, 15) is 9.90 Å². The van der Waals surface area contributed by atoms with E-state index in [0.29, 0.717) is 0 Å². The Kier molecular flexibility index (Phi) is 5.40. The summed E-state index contributed by atoms with van der Waals surface area (Å²) in [5.74, 6) is 0. The van der Waals surface area contributed by atoms with Gasteiger partial charge in [0.25, 0.3) is 0 Å². The first-order chi connectivity index (χ1) is 8.33. The average molecular weight is 363 g/mol. The number of aliphatic hydroxyl groups excluding tert-OH is 1. The van der Waals surface area contributed by atoms with E-state index >= 15 is 0 Å². The molecule has 0 heterocycles. The van der Waals surface area contributed by atoms with Gasteiger partial charge in [-0.25, -0.2) is 4.79 Å². The van der Waals surface area contributed by atoms with Crippen molar-refractivity contribution in [1.29, 1.82) is 0 Å². The highest BCUT2D eigenvalue weighted by molar-refractivity contribution is 14.1. The van der Waals surface area contributed by atoms with Gasteiger partial charge in [0, 0.05) is 3.57 Å². The van der Waals surface area contributed by atoms with Gasteiger partial charge in [-0.05, 0) is 55.0 Å². The SMILES string of the molecule is CC(C)(C)OC(=O)NC(CO)c1ccccc1I. The maximum Gasteiger partial charge on any atom is 0.408 e. The van der Waals surface area contributed by atoms with Crippen molar-refractivity contribution in [3.63, 3.8) is 0 Å². The van der Waals surface area contributed by atoms with Gasteiger partial charge in [0.05, 0.1) is 12.6 Å². The molecular weight excluding hydrogens is 345 g/mol. The van der Waals surface area contributed by atoms with E-state index in [1.807, 2.05) is 24.3 Å². The van der Waals surface area contributed by atoms with Crippen LogP contribution in [0.5, 0.6) is 0 Å². The molecule has 2 N–H and O–H groups in total. The summed E-state index contributed by atoms with van der Waals surface area (Å²) >= 11 is 2.17. The summed E-state index contributed by atoms with van der Waals surface area (Å²) in [6.07, 6.45) is -0.527. The molecule has 0 bridgehead atoms. The Labute approximate surface area is 121 Å². The number of hydrogen-bond donors (Lipinski definition) is 2. The van der Waals surface area contributed by atoms with E-state index in [1.54, 1.807) is 20.8 Å². The van der Waals surface area contributed by atoms with Crippen LogP contribution < -0.4 is 5.32 Å². The summed E-state index contributed by atoms with van der Waals surface area (Å²) < 4.78 is 6.16. The minimum Gasteiger partial charge on any atom is -0.444 e. The Balaban J connectivity index is 2.74. The molecule has 0 aliphatic rings. The third kappa shape index (κ3) is 4.81. The van der Waals surface area contributed by atoms with Crippen LogP contribution in [0, 0.1) is 3.57 Å². The van der Waals surface area contributed by atoms with E-state index in [1.165, 1.54) is 0 Å². The largest absolute Gasteiger partial charge is 0.444 e. The highest BCUT2D eigenvalue weighted by atomic mass is 127. The number of aliphatic hydroxyl groups is 1. The predicted octanol–water partition coefficient (Wildman–Crippen LogP) is 2.85. The summed E-state index contributed by atoms with van der Waals surface area (Å²) in [6, 6.07) is 7.13. The molecule has 0 radical (unpaired) electrons. The van der Waals surface area contributed by atoms with Crippen molar-refractivity contribution in [1.82, 2.24) is 5.32 Å². The number of halogens is 1. The van der Waals surface area contributed by atoms with Gasteiger partial charge in [0.2, 0.25) is 0 Å². The molecule has 0 saturated heterocycles. The summed E-state index contributed by atoms with van der Waals surface area (Å²) in [4.78, 5) is 11.7. The molecule has 100 valence electrons. The molecule has 0 aliphatic carbocycles. The second kappa shape index (κ2) is 6.38. The maximum atomic E-state index is 11.7. The van der Waals surface area contributed by atoms with Gasteiger partial charge < -0.3 is 15.2 Å². The van der Waals surface area contributed by atoms with Crippen LogP contribution in [0.4, 0.5) is 4.79 Å². The van der Waals surface area contributed by atoms with Crippen LogP contribution in [0.25, 0.3) is 0 Å². The van der Waals surface area contributed by atoms with Crippen LogP contribution in [0.1, 0.15) is 32.4 Å². The first kappa shape index (κ1) is 15.2. The number of alkyl carbamates (subject to hydrolysis) is 1. The van der Waals surface area contributed by atoms with Crippen molar-refractivity contribution >= 4 is 28.7 Å². The molecule has 1 atom stereocenters. The fourth-order valence-corrected chi connectivity index (χ4v) is 2.19. The normalized spacial score (nSPS) is 12.9. The molecule has 4 nitrogen and oxygen atoms in total. The Morgan fingerprint density at radius 2 is 2.06 bits per heavy atom. The predicted molar refractivity (Wildman–Crippen MR) is 78.4 cm³/mol. The minimum atomic E-state index is -0.548. The van der Waals surface area contributed by atoms with Gasteiger partial charge >= 0.3 is 6.09 Å². The van der Waals surface area contributed by atoms with E-state index in [-0.39, 0.29) is 6.61 Å². The van der Waals surface area contributed by atoms with Crippen molar-refractivity contribution in [2.24, 2.45) is 0 Å². The van der Waals surface area contributed by atoms with Gasteiger partial charge in [0.15, 0.2) is 0 Å². The molecule has 1 aromatic carbocycles. The smallest absolute Gasteiger partial charge is 0.408 e. The lowest BCUT2D eigenvalue weighted by Gasteiger charge is -2.23. The molecule has 0 aromatic heterocycles. The van der Waals surface area contributed by atoms with Crippen LogP contribution in [0.3, 0.4) is 0 Å². The maximum absolute atomic E-state index is 11.7. The summed E-state index contributed by atoms with van der Waals surface area (Å²) in [5, 5.41) is 12.0. The fraction of sp³-hybridized carbons (Fsp3) is 0.462. The molecule has 5 heteroatoms.